The molecule has 1 fully saturated rings. The average Bonchev–Trinajstić information content (AvgIpc) is 2.92. The number of fused-ring (bicyclic) bond motifs is 1. The van der Waals surface area contributed by atoms with Crippen LogP contribution in [0.2, 0.25) is 0 Å². The van der Waals surface area contributed by atoms with E-state index in [0.29, 0.717) is 5.39 Å². The lowest BCUT2D eigenvalue weighted by atomic mass is 9.78. The first-order chi connectivity index (χ1) is 15.1. The molecule has 33 heavy (non-hydrogen) atoms. The van der Waals surface area contributed by atoms with E-state index in [2.05, 4.69) is 0 Å². The van der Waals surface area contributed by atoms with Gasteiger partial charge in [0.25, 0.3) is 0 Å². The summed E-state index contributed by atoms with van der Waals surface area (Å²) in [6.45, 7) is 7.74. The van der Waals surface area contributed by atoms with Gasteiger partial charge in [-0.25, -0.2) is 0 Å². The van der Waals surface area contributed by atoms with Gasteiger partial charge in [0.05, 0.1) is 22.3 Å². The van der Waals surface area contributed by atoms with Crippen molar-refractivity contribution in [2.75, 3.05) is 0 Å². The number of hydrogen-bond acceptors (Lipinski definition) is 2. The van der Waals surface area contributed by atoms with Gasteiger partial charge in [-0.05, 0) is 79.3 Å². The van der Waals surface area contributed by atoms with Crippen LogP contribution in [-0.2, 0) is 21.7 Å². The molecule has 0 radical (unpaired) electrons. The van der Waals surface area contributed by atoms with Crippen molar-refractivity contribution in [1.82, 2.24) is 0 Å². The van der Waals surface area contributed by atoms with Crippen molar-refractivity contribution >= 4 is 23.4 Å². The monoisotopic (exact) mass is 466 g/mol. The molecule has 0 saturated carbocycles. The fraction of sp³-hybridized carbons (Fsp3) is 0.333. The Morgan fingerprint density at radius 3 is 1.61 bits per heavy atom. The molecule has 0 spiro atoms. The van der Waals surface area contributed by atoms with E-state index in [0.717, 1.165) is 23.0 Å². The molecule has 0 atom stereocenters. The van der Waals surface area contributed by atoms with Gasteiger partial charge in [0.15, 0.2) is 0 Å². The minimum absolute atomic E-state index is 0.126. The molecule has 1 saturated heterocycles. The SMILES string of the molecule is CC1(C)OB(c2ccc3cc(-c4cc(C(F)(F)F)cc(C(F)(F)F)c4)ccc3c2)OC1(C)C. The van der Waals surface area contributed by atoms with E-state index in [1.807, 2.05) is 33.8 Å². The highest BCUT2D eigenvalue weighted by Gasteiger charge is 2.51. The number of alkyl halides is 6. The van der Waals surface area contributed by atoms with Crippen LogP contribution >= 0.6 is 0 Å². The van der Waals surface area contributed by atoms with E-state index in [1.165, 1.54) is 6.07 Å². The third-order valence-electron chi connectivity index (χ3n) is 6.31. The van der Waals surface area contributed by atoms with Crippen LogP contribution in [0.1, 0.15) is 38.8 Å². The van der Waals surface area contributed by atoms with E-state index in [4.69, 9.17) is 9.31 Å². The van der Waals surface area contributed by atoms with Crippen molar-refractivity contribution in [3.05, 3.63) is 65.7 Å². The third-order valence-corrected chi connectivity index (χ3v) is 6.31. The molecule has 0 aliphatic carbocycles. The van der Waals surface area contributed by atoms with E-state index in [1.54, 1.807) is 24.3 Å². The largest absolute Gasteiger partial charge is 0.494 e. The normalized spacial score (nSPS) is 18.2. The van der Waals surface area contributed by atoms with Crippen molar-refractivity contribution in [3.8, 4) is 11.1 Å². The quantitative estimate of drug-likeness (QED) is 0.304. The van der Waals surface area contributed by atoms with Crippen LogP contribution in [0.5, 0.6) is 0 Å². The van der Waals surface area contributed by atoms with Crippen LogP contribution in [0, 0.1) is 0 Å². The summed E-state index contributed by atoms with van der Waals surface area (Å²) in [5.74, 6) is 0. The Hall–Kier alpha value is -2.52. The van der Waals surface area contributed by atoms with Crippen LogP contribution in [0.15, 0.2) is 54.6 Å². The average molecular weight is 466 g/mol. The van der Waals surface area contributed by atoms with E-state index < -0.39 is 41.8 Å². The highest BCUT2D eigenvalue weighted by atomic mass is 19.4. The summed E-state index contributed by atoms with van der Waals surface area (Å²) < 4.78 is 91.4. The summed E-state index contributed by atoms with van der Waals surface area (Å²) in [5.41, 5.74) is -2.86. The van der Waals surface area contributed by atoms with Crippen molar-refractivity contribution in [3.63, 3.8) is 0 Å². The second-order valence-electron chi connectivity index (χ2n) is 9.20. The van der Waals surface area contributed by atoms with Gasteiger partial charge in [0.2, 0.25) is 0 Å². The molecule has 0 amide bonds. The molecule has 4 rings (SSSR count). The maximum absolute atomic E-state index is 13.2. The van der Waals surface area contributed by atoms with Gasteiger partial charge in [0, 0.05) is 0 Å². The summed E-state index contributed by atoms with van der Waals surface area (Å²) in [7, 11) is -0.586. The molecule has 9 heteroatoms. The van der Waals surface area contributed by atoms with Crippen molar-refractivity contribution < 1.29 is 35.7 Å². The molecule has 1 heterocycles. The van der Waals surface area contributed by atoms with E-state index >= 15 is 0 Å². The second kappa shape index (κ2) is 7.50. The summed E-state index contributed by atoms with van der Waals surface area (Å²) in [6.07, 6.45) is -9.80. The fourth-order valence-corrected chi connectivity index (χ4v) is 3.69. The van der Waals surface area contributed by atoms with E-state index in [-0.39, 0.29) is 17.2 Å². The lowest BCUT2D eigenvalue weighted by molar-refractivity contribution is -0.143. The molecule has 2 nitrogen and oxygen atoms in total. The van der Waals surface area contributed by atoms with Gasteiger partial charge < -0.3 is 9.31 Å². The molecule has 1 aliphatic heterocycles. The van der Waals surface area contributed by atoms with Crippen LogP contribution in [0.3, 0.4) is 0 Å². The lowest BCUT2D eigenvalue weighted by Crippen LogP contribution is -2.41. The first-order valence-corrected chi connectivity index (χ1v) is 10.3. The minimum atomic E-state index is -4.90. The summed E-state index contributed by atoms with van der Waals surface area (Å²) in [4.78, 5) is 0. The Bertz CT molecular complexity index is 1170. The van der Waals surface area contributed by atoms with Crippen LogP contribution in [0.4, 0.5) is 26.3 Å². The number of rotatable bonds is 2. The molecule has 0 bridgehead atoms. The van der Waals surface area contributed by atoms with Crippen LogP contribution < -0.4 is 5.46 Å². The lowest BCUT2D eigenvalue weighted by Gasteiger charge is -2.32. The predicted molar refractivity (Wildman–Crippen MR) is 115 cm³/mol. The minimum Gasteiger partial charge on any atom is -0.399 e. The Morgan fingerprint density at radius 2 is 1.09 bits per heavy atom. The molecule has 174 valence electrons. The van der Waals surface area contributed by atoms with Gasteiger partial charge in [-0.2, -0.15) is 26.3 Å². The molecular formula is C24H21BF6O2. The molecule has 3 aromatic carbocycles. The molecule has 3 aromatic rings. The first kappa shape index (κ1) is 23.6. The Morgan fingerprint density at radius 1 is 0.606 bits per heavy atom. The van der Waals surface area contributed by atoms with Crippen molar-refractivity contribution in [1.29, 1.82) is 0 Å². The van der Waals surface area contributed by atoms with Gasteiger partial charge >= 0.3 is 19.5 Å². The van der Waals surface area contributed by atoms with Crippen LogP contribution in [-0.4, -0.2) is 18.3 Å². The highest BCUT2D eigenvalue weighted by molar-refractivity contribution is 6.62. The predicted octanol–water partition coefficient (Wildman–Crippen LogP) is 6.84. The standard InChI is InChI=1S/C24H21BF6O2/c1-21(2)22(3,4)33-25(32-21)20-8-7-14-9-15(5-6-16(14)12-20)17-10-18(23(26,27)28)13-19(11-17)24(29,30)31/h5-13H,1-4H3. The second-order valence-corrected chi connectivity index (χ2v) is 9.20. The van der Waals surface area contributed by atoms with Crippen molar-refractivity contribution in [2.45, 2.75) is 51.2 Å². The fourth-order valence-electron chi connectivity index (χ4n) is 3.69. The first-order valence-electron chi connectivity index (χ1n) is 10.3. The number of halogens is 6. The molecular weight excluding hydrogens is 445 g/mol. The molecule has 0 aromatic heterocycles. The van der Waals surface area contributed by atoms with Gasteiger partial charge in [-0.15, -0.1) is 0 Å². The highest BCUT2D eigenvalue weighted by Crippen LogP contribution is 2.39. The Balaban J connectivity index is 1.73. The zero-order chi connectivity index (χ0) is 24.4. The van der Waals surface area contributed by atoms with Crippen LogP contribution in [0.25, 0.3) is 21.9 Å². The number of hydrogen-bond donors (Lipinski definition) is 0. The van der Waals surface area contributed by atoms with E-state index in [9.17, 15) is 26.3 Å². The van der Waals surface area contributed by atoms with Gasteiger partial charge in [-0.1, -0.05) is 30.3 Å². The zero-order valence-electron chi connectivity index (χ0n) is 18.4. The summed E-state index contributed by atoms with van der Waals surface area (Å²) >= 11 is 0. The Labute approximate surface area is 187 Å². The smallest absolute Gasteiger partial charge is 0.399 e. The zero-order valence-corrected chi connectivity index (χ0v) is 18.4. The number of benzene rings is 3. The molecule has 1 aliphatic rings. The molecule has 0 unspecified atom stereocenters. The maximum Gasteiger partial charge on any atom is 0.494 e. The van der Waals surface area contributed by atoms with Gasteiger partial charge in [0.1, 0.15) is 0 Å². The summed E-state index contributed by atoms with van der Waals surface area (Å²) in [6, 6.07) is 11.7. The Kier molecular flexibility index (Phi) is 5.37. The van der Waals surface area contributed by atoms with Gasteiger partial charge in [-0.3, -0.25) is 0 Å². The maximum atomic E-state index is 13.2. The topological polar surface area (TPSA) is 18.5 Å². The summed E-state index contributed by atoms with van der Waals surface area (Å²) in [5, 5.41) is 1.42. The third kappa shape index (κ3) is 4.48. The van der Waals surface area contributed by atoms with Crippen molar-refractivity contribution in [2.24, 2.45) is 0 Å². The molecule has 0 N–H and O–H groups in total.